The van der Waals surface area contributed by atoms with Crippen LogP contribution in [-0.4, -0.2) is 43.2 Å². The van der Waals surface area contributed by atoms with Crippen molar-refractivity contribution in [3.63, 3.8) is 0 Å². The molecule has 0 bridgehead atoms. The number of halogens is 3. The van der Waals surface area contributed by atoms with Crippen LogP contribution in [0.2, 0.25) is 0 Å². The summed E-state index contributed by atoms with van der Waals surface area (Å²) in [5.41, 5.74) is 2.53. The fourth-order valence-corrected chi connectivity index (χ4v) is 2.03. The van der Waals surface area contributed by atoms with E-state index in [1.54, 1.807) is 38.4 Å². The quantitative estimate of drug-likeness (QED) is 0.695. The van der Waals surface area contributed by atoms with Gasteiger partial charge in [-0.1, -0.05) is 18.2 Å². The van der Waals surface area contributed by atoms with Gasteiger partial charge in [0.25, 0.3) is 5.78 Å². The molecular weight excluding hydrogens is 299 g/mol. The van der Waals surface area contributed by atoms with Crippen molar-refractivity contribution in [2.45, 2.75) is 6.18 Å². The second kappa shape index (κ2) is 5.80. The summed E-state index contributed by atoms with van der Waals surface area (Å²) >= 11 is 0. The molecule has 1 heterocycles. The number of ether oxygens (including phenoxy) is 1. The second-order valence-electron chi connectivity index (χ2n) is 4.72. The highest BCUT2D eigenvalue weighted by molar-refractivity contribution is 6.12. The Balaban J connectivity index is 2.83. The predicted octanol–water partition coefficient (Wildman–Crippen LogP) is 2.88. The van der Waals surface area contributed by atoms with Crippen molar-refractivity contribution >= 4 is 22.4 Å². The zero-order chi connectivity index (χ0) is 16.5. The highest BCUT2D eigenvalue weighted by Gasteiger charge is 2.43. The van der Waals surface area contributed by atoms with Crippen molar-refractivity contribution in [3.8, 4) is 5.88 Å². The van der Waals surface area contributed by atoms with E-state index in [2.05, 4.69) is 10.4 Å². The fourth-order valence-electron chi connectivity index (χ4n) is 2.03. The lowest BCUT2D eigenvalue weighted by Crippen LogP contribution is -2.28. The third-order valence-corrected chi connectivity index (χ3v) is 2.87. The first-order valence-electron chi connectivity index (χ1n) is 6.28. The largest absolute Gasteiger partial charge is 0.480 e. The zero-order valence-electron chi connectivity index (χ0n) is 12.2. The lowest BCUT2D eigenvalue weighted by molar-refractivity contribution is -0.0886. The number of rotatable bonds is 4. The van der Waals surface area contributed by atoms with Crippen molar-refractivity contribution in [2.24, 2.45) is 0 Å². The van der Waals surface area contributed by atoms with Gasteiger partial charge in [-0.2, -0.15) is 13.2 Å². The average Bonchev–Trinajstić information content (AvgIpc) is 2.44. The zero-order valence-corrected chi connectivity index (χ0v) is 12.2. The topological polar surface area (TPSA) is 54.5 Å². The third-order valence-electron chi connectivity index (χ3n) is 2.87. The van der Waals surface area contributed by atoms with Crippen LogP contribution in [0.4, 0.5) is 18.9 Å². The van der Waals surface area contributed by atoms with Gasteiger partial charge in [0, 0.05) is 19.5 Å². The average molecular weight is 313 g/mol. The summed E-state index contributed by atoms with van der Waals surface area (Å²) in [7, 11) is 4.37. The van der Waals surface area contributed by atoms with E-state index in [4.69, 9.17) is 4.74 Å². The number of anilines is 1. The normalized spacial score (nSPS) is 11.8. The number of hydrazine groups is 1. The molecule has 0 aliphatic heterocycles. The molecule has 1 aromatic carbocycles. The molecular formula is C14H14F3N3O2. The Morgan fingerprint density at radius 3 is 2.45 bits per heavy atom. The maximum Gasteiger partial charge on any atom is 0.455 e. The minimum atomic E-state index is -5.03. The number of nitrogens with zero attached hydrogens (tertiary/aromatic N) is 2. The number of methoxy groups -OCH3 is 1. The number of carbonyl (C=O) groups excluding carboxylic acids is 1. The standard InChI is InChI=1S/C14H14F3N3O2/c1-20(2)19-11-8-6-4-5-7-9(8)18-13(22-3)10(11)12(21)14(15,16)17/h4-7H,1-3H3,(H,18,19). The highest BCUT2D eigenvalue weighted by atomic mass is 19.4. The molecule has 1 N–H and O–H groups in total. The smallest absolute Gasteiger partial charge is 0.455 e. The molecule has 2 aromatic rings. The summed E-state index contributed by atoms with van der Waals surface area (Å²) in [4.78, 5) is 15.8. The van der Waals surface area contributed by atoms with E-state index >= 15 is 0 Å². The first-order chi connectivity index (χ1) is 10.3. The molecule has 22 heavy (non-hydrogen) atoms. The van der Waals surface area contributed by atoms with Gasteiger partial charge in [-0.25, -0.2) is 9.99 Å². The summed E-state index contributed by atoms with van der Waals surface area (Å²) in [5, 5.41) is 1.83. The van der Waals surface area contributed by atoms with Crippen molar-refractivity contribution in [1.82, 2.24) is 9.99 Å². The molecule has 0 unspecified atom stereocenters. The molecule has 0 atom stereocenters. The molecule has 0 saturated heterocycles. The van der Waals surface area contributed by atoms with Crippen LogP contribution < -0.4 is 10.2 Å². The first-order valence-corrected chi connectivity index (χ1v) is 6.28. The summed E-state index contributed by atoms with van der Waals surface area (Å²) in [6, 6.07) is 6.56. The van der Waals surface area contributed by atoms with Crippen molar-refractivity contribution < 1.29 is 22.7 Å². The molecule has 0 spiro atoms. The number of ketones is 1. The van der Waals surface area contributed by atoms with Gasteiger partial charge < -0.3 is 10.2 Å². The van der Waals surface area contributed by atoms with Gasteiger partial charge in [-0.15, -0.1) is 0 Å². The maximum absolute atomic E-state index is 12.9. The van der Waals surface area contributed by atoms with Crippen LogP contribution in [0.25, 0.3) is 10.9 Å². The van der Waals surface area contributed by atoms with E-state index in [1.807, 2.05) is 0 Å². The number of nitrogens with one attached hydrogen (secondary N) is 1. The third kappa shape index (κ3) is 2.96. The van der Waals surface area contributed by atoms with Gasteiger partial charge in [0.05, 0.1) is 18.3 Å². The molecule has 0 aliphatic rings. The number of Topliss-reactive ketones (excluding diaryl/α,β-unsaturated/α-hetero) is 1. The van der Waals surface area contributed by atoms with Gasteiger partial charge in [0.1, 0.15) is 5.56 Å². The monoisotopic (exact) mass is 313 g/mol. The molecule has 5 nitrogen and oxygen atoms in total. The number of alkyl halides is 3. The van der Waals surface area contributed by atoms with E-state index in [-0.39, 0.29) is 11.6 Å². The number of hydrogen-bond acceptors (Lipinski definition) is 5. The fraction of sp³-hybridized carbons (Fsp3) is 0.286. The Labute approximate surface area is 124 Å². The van der Waals surface area contributed by atoms with Crippen LogP contribution in [0.5, 0.6) is 5.88 Å². The number of hydrogen-bond donors (Lipinski definition) is 1. The summed E-state index contributed by atoms with van der Waals surface area (Å²) in [5.74, 6) is -2.38. The summed E-state index contributed by atoms with van der Waals surface area (Å²) in [6.07, 6.45) is -5.03. The predicted molar refractivity (Wildman–Crippen MR) is 76.0 cm³/mol. The van der Waals surface area contributed by atoms with Crippen LogP contribution in [0.1, 0.15) is 10.4 Å². The van der Waals surface area contributed by atoms with Gasteiger partial charge >= 0.3 is 6.18 Å². The molecule has 0 amide bonds. The van der Waals surface area contributed by atoms with E-state index in [1.165, 1.54) is 12.1 Å². The van der Waals surface area contributed by atoms with Crippen LogP contribution in [0, 0.1) is 0 Å². The van der Waals surface area contributed by atoms with Crippen LogP contribution in [0.3, 0.4) is 0 Å². The molecule has 0 saturated carbocycles. The summed E-state index contributed by atoms with van der Waals surface area (Å²) in [6.45, 7) is 0. The molecule has 118 valence electrons. The number of para-hydroxylation sites is 1. The Kier molecular flexibility index (Phi) is 4.23. The lowest BCUT2D eigenvalue weighted by Gasteiger charge is -2.20. The van der Waals surface area contributed by atoms with Gasteiger partial charge in [0.2, 0.25) is 5.88 Å². The van der Waals surface area contributed by atoms with E-state index in [0.29, 0.717) is 10.9 Å². The van der Waals surface area contributed by atoms with Crippen molar-refractivity contribution in [2.75, 3.05) is 26.6 Å². The van der Waals surface area contributed by atoms with Crippen molar-refractivity contribution in [1.29, 1.82) is 0 Å². The van der Waals surface area contributed by atoms with E-state index in [0.717, 1.165) is 0 Å². The Hall–Kier alpha value is -2.35. The van der Waals surface area contributed by atoms with E-state index < -0.39 is 17.5 Å². The number of carbonyl (C=O) groups is 1. The van der Waals surface area contributed by atoms with Gasteiger partial charge in [-0.3, -0.25) is 4.79 Å². The minimum absolute atomic E-state index is 0.00905. The molecule has 8 heteroatoms. The lowest BCUT2D eigenvalue weighted by atomic mass is 10.1. The van der Waals surface area contributed by atoms with Crippen molar-refractivity contribution in [3.05, 3.63) is 29.8 Å². The number of pyridine rings is 1. The highest BCUT2D eigenvalue weighted by Crippen LogP contribution is 2.36. The van der Waals surface area contributed by atoms with Crippen LogP contribution >= 0.6 is 0 Å². The number of benzene rings is 1. The first kappa shape index (κ1) is 16.0. The van der Waals surface area contributed by atoms with E-state index in [9.17, 15) is 18.0 Å². The van der Waals surface area contributed by atoms with Crippen LogP contribution in [0.15, 0.2) is 24.3 Å². The van der Waals surface area contributed by atoms with Gasteiger partial charge in [-0.05, 0) is 6.07 Å². The Bertz CT molecular complexity index is 714. The number of fused-ring (bicyclic) bond motifs is 1. The summed E-state index contributed by atoms with van der Waals surface area (Å²) < 4.78 is 43.6. The SMILES string of the molecule is COc1nc2ccccc2c(NN(C)C)c1C(=O)C(F)(F)F. The molecule has 1 aromatic heterocycles. The molecule has 2 rings (SSSR count). The van der Waals surface area contributed by atoms with Gasteiger partial charge in [0.15, 0.2) is 0 Å². The Morgan fingerprint density at radius 1 is 1.27 bits per heavy atom. The minimum Gasteiger partial charge on any atom is -0.480 e. The Morgan fingerprint density at radius 2 is 1.91 bits per heavy atom. The van der Waals surface area contributed by atoms with Crippen LogP contribution in [-0.2, 0) is 0 Å². The number of aromatic nitrogens is 1. The maximum atomic E-state index is 12.9. The molecule has 0 radical (unpaired) electrons. The molecule has 0 aliphatic carbocycles. The molecule has 0 fully saturated rings. The second-order valence-corrected chi connectivity index (χ2v) is 4.72.